The molecule has 0 radical (unpaired) electrons. The minimum Gasteiger partial charge on any atom is -0.476 e. The van der Waals surface area contributed by atoms with Gasteiger partial charge in [0.15, 0.2) is 5.69 Å². The van der Waals surface area contributed by atoms with E-state index in [1.807, 2.05) is 24.3 Å². The zero-order chi connectivity index (χ0) is 13.1. The van der Waals surface area contributed by atoms with Crippen molar-refractivity contribution < 1.29 is 9.90 Å². The second kappa shape index (κ2) is 5.23. The number of aryl methyl sites for hydroxylation is 3. The van der Waals surface area contributed by atoms with Crippen LogP contribution in [0.2, 0.25) is 5.02 Å². The van der Waals surface area contributed by atoms with E-state index in [1.54, 1.807) is 6.92 Å². The molecule has 18 heavy (non-hydrogen) atoms. The number of carboxylic acid groups (broad SMARTS) is 1. The average Bonchev–Trinajstić information content (AvgIpc) is 2.68. The minimum atomic E-state index is -1.000. The highest BCUT2D eigenvalue weighted by Crippen LogP contribution is 2.14. The van der Waals surface area contributed by atoms with E-state index in [2.05, 4.69) is 9.97 Å². The molecule has 1 aromatic heterocycles. The monoisotopic (exact) mass is 264 g/mol. The van der Waals surface area contributed by atoms with Gasteiger partial charge in [-0.2, -0.15) is 0 Å². The van der Waals surface area contributed by atoms with Crippen LogP contribution in [0, 0.1) is 6.92 Å². The first-order chi connectivity index (χ1) is 8.56. The normalized spacial score (nSPS) is 10.6. The lowest BCUT2D eigenvalue weighted by molar-refractivity contribution is 0.0689. The van der Waals surface area contributed by atoms with Crippen LogP contribution >= 0.6 is 11.6 Å². The number of carboxylic acids is 1. The first-order valence-corrected chi connectivity index (χ1v) is 5.97. The van der Waals surface area contributed by atoms with Crippen molar-refractivity contribution in [3.63, 3.8) is 0 Å². The molecular weight excluding hydrogens is 252 g/mol. The Balaban J connectivity index is 2.13. The van der Waals surface area contributed by atoms with Crippen molar-refractivity contribution in [1.82, 2.24) is 9.97 Å². The second-order valence-electron chi connectivity index (χ2n) is 4.08. The number of nitrogens with one attached hydrogen (secondary N) is 1. The van der Waals surface area contributed by atoms with Gasteiger partial charge in [0, 0.05) is 10.7 Å². The summed E-state index contributed by atoms with van der Waals surface area (Å²) in [6.45, 7) is 1.75. The van der Waals surface area contributed by atoms with Crippen molar-refractivity contribution in [3.05, 3.63) is 52.1 Å². The van der Waals surface area contributed by atoms with Gasteiger partial charge in [0.1, 0.15) is 5.82 Å². The van der Waals surface area contributed by atoms with Crippen LogP contribution in [0.3, 0.4) is 0 Å². The van der Waals surface area contributed by atoms with E-state index < -0.39 is 5.97 Å². The van der Waals surface area contributed by atoms with Crippen molar-refractivity contribution >= 4 is 17.6 Å². The molecule has 0 atom stereocenters. The molecule has 0 aliphatic heterocycles. The Morgan fingerprint density at radius 1 is 1.44 bits per heavy atom. The first-order valence-electron chi connectivity index (χ1n) is 5.59. The van der Waals surface area contributed by atoms with Gasteiger partial charge in [-0.1, -0.05) is 23.7 Å². The lowest BCUT2D eigenvalue weighted by atomic mass is 10.1. The number of imidazole rings is 1. The van der Waals surface area contributed by atoms with Gasteiger partial charge in [-0.15, -0.1) is 0 Å². The zero-order valence-electron chi connectivity index (χ0n) is 9.90. The molecule has 0 unspecified atom stereocenters. The summed E-state index contributed by atoms with van der Waals surface area (Å²) in [5, 5.41) is 9.70. The fraction of sp³-hybridized carbons (Fsp3) is 0.231. The second-order valence-corrected chi connectivity index (χ2v) is 4.52. The lowest BCUT2D eigenvalue weighted by Crippen LogP contribution is -2.03. The molecule has 2 aromatic rings. The van der Waals surface area contributed by atoms with Crippen molar-refractivity contribution in [2.75, 3.05) is 0 Å². The van der Waals surface area contributed by atoms with E-state index in [0.717, 1.165) is 12.0 Å². The number of aromatic carboxylic acids is 1. The van der Waals surface area contributed by atoms with Gasteiger partial charge in [-0.05, 0) is 37.5 Å². The van der Waals surface area contributed by atoms with Crippen LogP contribution in [0.1, 0.15) is 27.6 Å². The standard InChI is InChI=1S/C13H13ClN2O2/c1-8-15-11(12(16-8)13(17)18)6-5-9-3-2-4-10(14)7-9/h2-4,7H,5-6H2,1H3,(H,15,16)(H,17,18). The van der Waals surface area contributed by atoms with E-state index >= 15 is 0 Å². The largest absolute Gasteiger partial charge is 0.476 e. The summed E-state index contributed by atoms with van der Waals surface area (Å²) < 4.78 is 0. The minimum absolute atomic E-state index is 0.106. The molecule has 0 fully saturated rings. The molecule has 0 aliphatic rings. The third-order valence-electron chi connectivity index (χ3n) is 2.65. The van der Waals surface area contributed by atoms with Crippen LogP contribution in [0.25, 0.3) is 0 Å². The van der Waals surface area contributed by atoms with Gasteiger partial charge in [-0.3, -0.25) is 0 Å². The highest BCUT2D eigenvalue weighted by molar-refractivity contribution is 6.30. The number of carbonyl (C=O) groups is 1. The molecule has 1 heterocycles. The summed E-state index contributed by atoms with van der Waals surface area (Å²) in [5.74, 6) is -0.381. The molecule has 94 valence electrons. The smallest absolute Gasteiger partial charge is 0.356 e. The SMILES string of the molecule is Cc1nc(C(=O)O)c(CCc2cccc(Cl)c2)[nH]1. The van der Waals surface area contributed by atoms with Gasteiger partial charge in [0.2, 0.25) is 0 Å². The number of halogens is 1. The van der Waals surface area contributed by atoms with E-state index in [-0.39, 0.29) is 5.69 Å². The van der Waals surface area contributed by atoms with Crippen LogP contribution < -0.4 is 0 Å². The maximum Gasteiger partial charge on any atom is 0.356 e. The molecule has 0 saturated heterocycles. The van der Waals surface area contributed by atoms with Gasteiger partial charge in [-0.25, -0.2) is 9.78 Å². The molecule has 0 amide bonds. The van der Waals surface area contributed by atoms with Gasteiger partial charge in [0.25, 0.3) is 0 Å². The van der Waals surface area contributed by atoms with Crippen molar-refractivity contribution in [2.24, 2.45) is 0 Å². The highest BCUT2D eigenvalue weighted by Gasteiger charge is 2.14. The zero-order valence-corrected chi connectivity index (χ0v) is 10.7. The first kappa shape index (κ1) is 12.6. The Bertz CT molecular complexity index is 578. The number of aromatic amines is 1. The Morgan fingerprint density at radius 2 is 2.22 bits per heavy atom. The summed E-state index contributed by atoms with van der Waals surface area (Å²) in [4.78, 5) is 17.9. The van der Waals surface area contributed by atoms with Crippen LogP contribution in [0.5, 0.6) is 0 Å². The van der Waals surface area contributed by atoms with Gasteiger partial charge < -0.3 is 10.1 Å². The number of hydrogen-bond acceptors (Lipinski definition) is 2. The molecule has 2 rings (SSSR count). The maximum absolute atomic E-state index is 11.0. The predicted octanol–water partition coefficient (Wildman–Crippen LogP) is 2.85. The van der Waals surface area contributed by atoms with E-state index in [9.17, 15) is 4.79 Å². The lowest BCUT2D eigenvalue weighted by Gasteiger charge is -2.01. The Labute approximate surface area is 110 Å². The highest BCUT2D eigenvalue weighted by atomic mass is 35.5. The van der Waals surface area contributed by atoms with Crippen molar-refractivity contribution in [1.29, 1.82) is 0 Å². The molecule has 0 bridgehead atoms. The van der Waals surface area contributed by atoms with Gasteiger partial charge in [0.05, 0.1) is 0 Å². The summed E-state index contributed by atoms with van der Waals surface area (Å²) in [6.07, 6.45) is 1.32. The number of H-pyrrole nitrogens is 1. The third-order valence-corrected chi connectivity index (χ3v) is 2.89. The fourth-order valence-corrected chi connectivity index (χ4v) is 2.07. The molecule has 0 aliphatic carbocycles. The van der Waals surface area contributed by atoms with Crippen molar-refractivity contribution in [3.8, 4) is 0 Å². The van der Waals surface area contributed by atoms with E-state index in [1.165, 1.54) is 0 Å². The molecule has 4 nitrogen and oxygen atoms in total. The quantitative estimate of drug-likeness (QED) is 0.892. The van der Waals surface area contributed by atoms with Crippen LogP contribution in [-0.4, -0.2) is 21.0 Å². The summed E-state index contributed by atoms with van der Waals surface area (Å²) in [7, 11) is 0. The van der Waals surface area contributed by atoms with E-state index in [4.69, 9.17) is 16.7 Å². The molecule has 5 heteroatoms. The van der Waals surface area contributed by atoms with E-state index in [0.29, 0.717) is 23.0 Å². The molecule has 2 N–H and O–H groups in total. The third kappa shape index (κ3) is 2.90. The Kier molecular flexibility index (Phi) is 3.67. The number of rotatable bonds is 4. The summed E-state index contributed by atoms with van der Waals surface area (Å²) >= 11 is 5.90. The maximum atomic E-state index is 11.0. The number of nitrogens with zero attached hydrogens (tertiary/aromatic N) is 1. The van der Waals surface area contributed by atoms with Crippen molar-refractivity contribution in [2.45, 2.75) is 19.8 Å². The fourth-order valence-electron chi connectivity index (χ4n) is 1.86. The predicted molar refractivity (Wildman–Crippen MR) is 69.1 cm³/mol. The van der Waals surface area contributed by atoms with Crippen LogP contribution in [-0.2, 0) is 12.8 Å². The number of benzene rings is 1. The Hall–Kier alpha value is -1.81. The van der Waals surface area contributed by atoms with Crippen LogP contribution in [0.4, 0.5) is 0 Å². The molecular formula is C13H13ClN2O2. The molecule has 1 aromatic carbocycles. The molecule has 0 saturated carbocycles. The number of hydrogen-bond donors (Lipinski definition) is 2. The number of aromatic nitrogens is 2. The average molecular weight is 265 g/mol. The summed E-state index contributed by atoms with van der Waals surface area (Å²) in [5.41, 5.74) is 1.83. The van der Waals surface area contributed by atoms with Crippen LogP contribution in [0.15, 0.2) is 24.3 Å². The van der Waals surface area contributed by atoms with Gasteiger partial charge >= 0.3 is 5.97 Å². The summed E-state index contributed by atoms with van der Waals surface area (Å²) in [6, 6.07) is 7.54. The molecule has 0 spiro atoms. The topological polar surface area (TPSA) is 66.0 Å². The Morgan fingerprint density at radius 3 is 2.89 bits per heavy atom.